The van der Waals surface area contributed by atoms with Gasteiger partial charge in [0.2, 0.25) is 11.8 Å². The van der Waals surface area contributed by atoms with Crippen LogP contribution in [0.15, 0.2) is 10.6 Å². The molecular formula is C10H12F6N2O2. The lowest BCUT2D eigenvalue weighted by Gasteiger charge is -2.20. The standard InChI is InChI=1S/C10H12F6N2O2/c1-19-3-2-17-5-7-18-4-6(20-7)8(9(11,12)13)10(14,15)16/h4,8,17H,2-3,5H2,1H3. The summed E-state index contributed by atoms with van der Waals surface area (Å²) in [4.78, 5) is 3.39. The first-order valence-corrected chi connectivity index (χ1v) is 5.44. The van der Waals surface area contributed by atoms with E-state index in [0.717, 1.165) is 0 Å². The first kappa shape index (κ1) is 16.8. The molecule has 116 valence electrons. The van der Waals surface area contributed by atoms with Crippen LogP contribution < -0.4 is 5.32 Å². The van der Waals surface area contributed by atoms with Crippen molar-refractivity contribution in [1.29, 1.82) is 0 Å². The van der Waals surface area contributed by atoms with E-state index >= 15 is 0 Å². The minimum absolute atomic E-state index is 0.0915. The van der Waals surface area contributed by atoms with Crippen LogP contribution in [0.2, 0.25) is 0 Å². The van der Waals surface area contributed by atoms with E-state index in [-0.39, 0.29) is 12.4 Å². The number of aromatic nitrogens is 1. The van der Waals surface area contributed by atoms with Crippen molar-refractivity contribution >= 4 is 0 Å². The third-order valence-corrected chi connectivity index (χ3v) is 2.27. The molecule has 4 nitrogen and oxygen atoms in total. The molecule has 1 aromatic rings. The zero-order valence-corrected chi connectivity index (χ0v) is 10.3. The SMILES string of the molecule is COCCNCc1ncc(C(C(F)(F)F)C(F)(F)F)o1. The van der Waals surface area contributed by atoms with Crippen molar-refractivity contribution in [3.8, 4) is 0 Å². The summed E-state index contributed by atoms with van der Waals surface area (Å²) >= 11 is 0. The fourth-order valence-corrected chi connectivity index (χ4v) is 1.42. The zero-order valence-electron chi connectivity index (χ0n) is 10.3. The van der Waals surface area contributed by atoms with Gasteiger partial charge in [0.1, 0.15) is 5.76 Å². The van der Waals surface area contributed by atoms with Gasteiger partial charge in [0.05, 0.1) is 19.3 Å². The topological polar surface area (TPSA) is 47.3 Å². The maximum absolute atomic E-state index is 12.4. The highest BCUT2D eigenvalue weighted by Crippen LogP contribution is 2.46. The minimum Gasteiger partial charge on any atom is -0.443 e. The van der Waals surface area contributed by atoms with Crippen molar-refractivity contribution in [1.82, 2.24) is 10.3 Å². The van der Waals surface area contributed by atoms with Crippen molar-refractivity contribution in [2.24, 2.45) is 0 Å². The number of hydrogen-bond donors (Lipinski definition) is 1. The van der Waals surface area contributed by atoms with E-state index in [9.17, 15) is 26.3 Å². The molecule has 0 aliphatic rings. The molecule has 0 radical (unpaired) electrons. The minimum atomic E-state index is -5.49. The average Bonchev–Trinajstić information content (AvgIpc) is 2.68. The Kier molecular flexibility index (Phi) is 5.40. The van der Waals surface area contributed by atoms with Crippen LogP contribution in [0.1, 0.15) is 17.6 Å². The quantitative estimate of drug-likeness (QED) is 0.648. The monoisotopic (exact) mass is 306 g/mol. The first-order valence-electron chi connectivity index (χ1n) is 5.44. The van der Waals surface area contributed by atoms with Crippen molar-refractivity contribution in [2.45, 2.75) is 24.8 Å². The van der Waals surface area contributed by atoms with E-state index in [4.69, 9.17) is 4.74 Å². The van der Waals surface area contributed by atoms with Crippen LogP contribution in [0.25, 0.3) is 0 Å². The molecule has 1 rings (SSSR count). The number of methoxy groups -OCH3 is 1. The number of rotatable bonds is 6. The molecule has 20 heavy (non-hydrogen) atoms. The summed E-state index contributed by atoms with van der Waals surface area (Å²) in [6, 6.07) is 0. The average molecular weight is 306 g/mol. The second-order valence-electron chi connectivity index (χ2n) is 3.84. The van der Waals surface area contributed by atoms with Gasteiger partial charge in [-0.25, -0.2) is 4.98 Å². The number of hydrogen-bond acceptors (Lipinski definition) is 4. The van der Waals surface area contributed by atoms with Crippen molar-refractivity contribution in [2.75, 3.05) is 20.3 Å². The van der Waals surface area contributed by atoms with Crippen LogP contribution in [-0.2, 0) is 11.3 Å². The largest absolute Gasteiger partial charge is 0.443 e. The van der Waals surface area contributed by atoms with Gasteiger partial charge in [-0.2, -0.15) is 26.3 Å². The second-order valence-corrected chi connectivity index (χ2v) is 3.84. The summed E-state index contributed by atoms with van der Waals surface area (Å²) < 4.78 is 83.8. The molecule has 0 saturated carbocycles. The highest BCUT2D eigenvalue weighted by atomic mass is 19.4. The van der Waals surface area contributed by atoms with Crippen LogP contribution in [0.4, 0.5) is 26.3 Å². The third kappa shape index (κ3) is 4.67. The number of ether oxygens (including phenoxy) is 1. The maximum atomic E-state index is 12.4. The van der Waals surface area contributed by atoms with Crippen LogP contribution in [0.3, 0.4) is 0 Å². The molecule has 1 N–H and O–H groups in total. The third-order valence-electron chi connectivity index (χ3n) is 2.27. The molecular weight excluding hydrogens is 294 g/mol. The van der Waals surface area contributed by atoms with Crippen molar-refractivity contribution < 1.29 is 35.5 Å². The number of nitrogens with zero attached hydrogens (tertiary/aromatic N) is 1. The Morgan fingerprint density at radius 1 is 1.25 bits per heavy atom. The van der Waals surface area contributed by atoms with Gasteiger partial charge in [-0.3, -0.25) is 0 Å². The Morgan fingerprint density at radius 3 is 2.35 bits per heavy atom. The Balaban J connectivity index is 2.77. The van der Waals surface area contributed by atoms with Gasteiger partial charge < -0.3 is 14.5 Å². The maximum Gasteiger partial charge on any atom is 0.407 e. The smallest absolute Gasteiger partial charge is 0.407 e. The first-order chi connectivity index (χ1) is 9.16. The van der Waals surface area contributed by atoms with Crippen LogP contribution in [-0.4, -0.2) is 37.6 Å². The normalized spacial score (nSPS) is 13.2. The van der Waals surface area contributed by atoms with E-state index in [0.29, 0.717) is 19.3 Å². The van der Waals surface area contributed by atoms with E-state index in [2.05, 4.69) is 14.7 Å². The molecule has 0 aliphatic heterocycles. The summed E-state index contributed by atoms with van der Waals surface area (Å²) in [6.07, 6.45) is -10.5. The van der Waals surface area contributed by atoms with E-state index in [1.807, 2.05) is 0 Å². The fraction of sp³-hybridized carbons (Fsp3) is 0.700. The second kappa shape index (κ2) is 6.44. The molecule has 10 heteroatoms. The van der Waals surface area contributed by atoms with E-state index in [1.165, 1.54) is 7.11 Å². The molecule has 0 fully saturated rings. The summed E-state index contributed by atoms with van der Waals surface area (Å²) in [5.41, 5.74) is 0. The molecule has 0 bridgehead atoms. The van der Waals surface area contributed by atoms with Gasteiger partial charge in [0.25, 0.3) is 0 Å². The zero-order chi connectivity index (χ0) is 15.4. The lowest BCUT2D eigenvalue weighted by Crippen LogP contribution is -2.33. The van der Waals surface area contributed by atoms with E-state index < -0.39 is 24.0 Å². The molecule has 1 aromatic heterocycles. The highest BCUT2D eigenvalue weighted by molar-refractivity contribution is 5.08. The Labute approximate surface area is 110 Å². The lowest BCUT2D eigenvalue weighted by atomic mass is 10.1. The molecule has 0 atom stereocenters. The lowest BCUT2D eigenvalue weighted by molar-refractivity contribution is -0.257. The number of nitrogens with one attached hydrogen (secondary N) is 1. The fourth-order valence-electron chi connectivity index (χ4n) is 1.42. The van der Waals surface area contributed by atoms with Gasteiger partial charge in [0.15, 0.2) is 0 Å². The molecule has 0 aliphatic carbocycles. The summed E-state index contributed by atoms with van der Waals surface area (Å²) in [5, 5.41) is 2.69. The highest BCUT2D eigenvalue weighted by Gasteiger charge is 2.59. The van der Waals surface area contributed by atoms with E-state index in [1.54, 1.807) is 0 Å². The van der Waals surface area contributed by atoms with Gasteiger partial charge in [0, 0.05) is 13.7 Å². The van der Waals surface area contributed by atoms with Gasteiger partial charge in [-0.1, -0.05) is 0 Å². The Morgan fingerprint density at radius 2 is 1.85 bits per heavy atom. The predicted molar refractivity (Wildman–Crippen MR) is 54.9 cm³/mol. The number of halogens is 6. The molecule has 0 saturated heterocycles. The van der Waals surface area contributed by atoms with Gasteiger partial charge in [-0.15, -0.1) is 0 Å². The van der Waals surface area contributed by atoms with Crippen LogP contribution in [0, 0.1) is 0 Å². The molecule has 0 spiro atoms. The van der Waals surface area contributed by atoms with Gasteiger partial charge in [-0.05, 0) is 0 Å². The molecule has 0 unspecified atom stereocenters. The van der Waals surface area contributed by atoms with Crippen molar-refractivity contribution in [3.05, 3.63) is 17.8 Å². The van der Waals surface area contributed by atoms with Crippen molar-refractivity contribution in [3.63, 3.8) is 0 Å². The molecule has 0 amide bonds. The number of oxazole rings is 1. The summed E-state index contributed by atoms with van der Waals surface area (Å²) in [7, 11) is 1.45. The summed E-state index contributed by atoms with van der Waals surface area (Å²) in [5.74, 6) is -5.20. The van der Waals surface area contributed by atoms with Crippen LogP contribution in [0.5, 0.6) is 0 Å². The molecule has 0 aromatic carbocycles. The Bertz CT molecular complexity index is 401. The summed E-state index contributed by atoms with van der Waals surface area (Å²) in [6.45, 7) is 0.600. The van der Waals surface area contributed by atoms with Gasteiger partial charge >= 0.3 is 12.4 Å². The number of alkyl halides is 6. The predicted octanol–water partition coefficient (Wildman–Crippen LogP) is 2.62. The van der Waals surface area contributed by atoms with Crippen LogP contribution >= 0.6 is 0 Å². The molecule has 1 heterocycles. The Hall–Kier alpha value is -1.29.